The molecular formula is C11H14O3. The van der Waals surface area contributed by atoms with Crippen molar-refractivity contribution < 1.29 is 14.3 Å². The van der Waals surface area contributed by atoms with E-state index in [2.05, 4.69) is 0 Å². The predicted octanol–water partition coefficient (Wildman–Crippen LogP) is 2.10. The lowest BCUT2D eigenvalue weighted by molar-refractivity contribution is -0.106. The fraction of sp³-hybridized carbons (Fsp3) is 0.364. The standard InChI is InChI=1S/C11H14O3/c1-8-6-9(7-12)4-5-10(8)11(13-2)14-3/h4-7,11H,1-3H3. The first-order valence-electron chi connectivity index (χ1n) is 4.34. The Balaban J connectivity index is 3.03. The van der Waals surface area contributed by atoms with Gasteiger partial charge >= 0.3 is 0 Å². The zero-order valence-corrected chi connectivity index (χ0v) is 8.61. The van der Waals surface area contributed by atoms with E-state index in [0.29, 0.717) is 5.56 Å². The van der Waals surface area contributed by atoms with Crippen LogP contribution in [0.15, 0.2) is 18.2 Å². The van der Waals surface area contributed by atoms with Crippen molar-refractivity contribution in [2.45, 2.75) is 13.2 Å². The lowest BCUT2D eigenvalue weighted by Crippen LogP contribution is -2.05. The molecule has 0 aliphatic heterocycles. The topological polar surface area (TPSA) is 35.5 Å². The summed E-state index contributed by atoms with van der Waals surface area (Å²) in [4.78, 5) is 10.5. The van der Waals surface area contributed by atoms with Crippen molar-refractivity contribution >= 4 is 6.29 Å². The number of hydrogen-bond donors (Lipinski definition) is 0. The molecule has 0 saturated heterocycles. The van der Waals surface area contributed by atoms with E-state index in [0.717, 1.165) is 17.4 Å². The molecule has 0 aliphatic carbocycles. The maximum Gasteiger partial charge on any atom is 0.183 e. The van der Waals surface area contributed by atoms with Crippen LogP contribution < -0.4 is 0 Å². The summed E-state index contributed by atoms with van der Waals surface area (Å²) in [5, 5.41) is 0. The van der Waals surface area contributed by atoms with E-state index >= 15 is 0 Å². The molecule has 0 unspecified atom stereocenters. The highest BCUT2D eigenvalue weighted by molar-refractivity contribution is 5.75. The molecule has 0 atom stereocenters. The molecule has 0 spiro atoms. The van der Waals surface area contributed by atoms with Gasteiger partial charge in [0.25, 0.3) is 0 Å². The minimum absolute atomic E-state index is 0.365. The highest BCUT2D eigenvalue weighted by Gasteiger charge is 2.11. The summed E-state index contributed by atoms with van der Waals surface area (Å²) in [5.74, 6) is 0. The molecular weight excluding hydrogens is 180 g/mol. The molecule has 0 fully saturated rings. The van der Waals surface area contributed by atoms with E-state index in [1.807, 2.05) is 19.1 Å². The van der Waals surface area contributed by atoms with E-state index in [4.69, 9.17) is 9.47 Å². The van der Waals surface area contributed by atoms with Crippen LogP contribution in [0.3, 0.4) is 0 Å². The summed E-state index contributed by atoms with van der Waals surface area (Å²) < 4.78 is 10.3. The smallest absolute Gasteiger partial charge is 0.183 e. The van der Waals surface area contributed by atoms with E-state index in [1.165, 1.54) is 0 Å². The van der Waals surface area contributed by atoms with Crippen molar-refractivity contribution in [3.8, 4) is 0 Å². The van der Waals surface area contributed by atoms with Gasteiger partial charge in [0.1, 0.15) is 6.29 Å². The molecule has 14 heavy (non-hydrogen) atoms. The van der Waals surface area contributed by atoms with Crippen LogP contribution in [0, 0.1) is 6.92 Å². The van der Waals surface area contributed by atoms with Crippen LogP contribution in [0.5, 0.6) is 0 Å². The van der Waals surface area contributed by atoms with Crippen molar-refractivity contribution in [2.75, 3.05) is 14.2 Å². The molecule has 1 rings (SSSR count). The van der Waals surface area contributed by atoms with E-state index in [-0.39, 0.29) is 6.29 Å². The second-order valence-corrected chi connectivity index (χ2v) is 3.04. The van der Waals surface area contributed by atoms with Crippen LogP contribution >= 0.6 is 0 Å². The Morgan fingerprint density at radius 2 is 1.93 bits per heavy atom. The van der Waals surface area contributed by atoms with Gasteiger partial charge in [-0.05, 0) is 18.6 Å². The van der Waals surface area contributed by atoms with Gasteiger partial charge in [-0.25, -0.2) is 0 Å². The molecule has 0 radical (unpaired) electrons. The third kappa shape index (κ3) is 2.19. The van der Waals surface area contributed by atoms with Crippen LogP contribution in [0.25, 0.3) is 0 Å². The number of methoxy groups -OCH3 is 2. The predicted molar refractivity (Wildman–Crippen MR) is 53.3 cm³/mol. The Hall–Kier alpha value is -1.19. The maximum absolute atomic E-state index is 10.5. The lowest BCUT2D eigenvalue weighted by Gasteiger charge is -2.16. The molecule has 0 amide bonds. The Labute approximate surface area is 83.6 Å². The number of carbonyl (C=O) groups excluding carboxylic acids is 1. The first kappa shape index (κ1) is 10.9. The molecule has 3 heteroatoms. The monoisotopic (exact) mass is 194 g/mol. The van der Waals surface area contributed by atoms with Gasteiger partial charge in [-0.1, -0.05) is 12.1 Å². The first-order chi connectivity index (χ1) is 6.72. The van der Waals surface area contributed by atoms with Crippen molar-refractivity contribution in [3.63, 3.8) is 0 Å². The van der Waals surface area contributed by atoms with Crippen LogP contribution in [-0.2, 0) is 9.47 Å². The summed E-state index contributed by atoms with van der Waals surface area (Å²) >= 11 is 0. The Morgan fingerprint density at radius 1 is 1.29 bits per heavy atom. The summed E-state index contributed by atoms with van der Waals surface area (Å²) in [6, 6.07) is 5.41. The number of carbonyl (C=O) groups is 1. The summed E-state index contributed by atoms with van der Waals surface area (Å²) in [7, 11) is 3.17. The van der Waals surface area contributed by atoms with Gasteiger partial charge < -0.3 is 9.47 Å². The Bertz CT molecular complexity index is 316. The van der Waals surface area contributed by atoms with Crippen LogP contribution in [0.2, 0.25) is 0 Å². The molecule has 3 nitrogen and oxygen atoms in total. The Morgan fingerprint density at radius 3 is 2.36 bits per heavy atom. The molecule has 0 aromatic heterocycles. The maximum atomic E-state index is 10.5. The average molecular weight is 194 g/mol. The van der Waals surface area contributed by atoms with Crippen molar-refractivity contribution in [1.82, 2.24) is 0 Å². The SMILES string of the molecule is COC(OC)c1ccc(C=O)cc1C. The molecule has 0 aliphatic rings. The molecule has 0 saturated carbocycles. The third-order valence-electron chi connectivity index (χ3n) is 2.11. The fourth-order valence-electron chi connectivity index (χ4n) is 1.39. The third-order valence-corrected chi connectivity index (χ3v) is 2.11. The second kappa shape index (κ2) is 4.88. The normalized spacial score (nSPS) is 10.6. The van der Waals surface area contributed by atoms with Crippen molar-refractivity contribution in [3.05, 3.63) is 34.9 Å². The molecule has 0 bridgehead atoms. The Kier molecular flexibility index (Phi) is 3.80. The van der Waals surface area contributed by atoms with E-state index in [9.17, 15) is 4.79 Å². The van der Waals surface area contributed by atoms with Crippen molar-refractivity contribution in [1.29, 1.82) is 0 Å². The van der Waals surface area contributed by atoms with Gasteiger partial charge in [0.05, 0.1) is 0 Å². The van der Waals surface area contributed by atoms with E-state index < -0.39 is 0 Å². The lowest BCUT2D eigenvalue weighted by atomic mass is 10.1. The fourth-order valence-corrected chi connectivity index (χ4v) is 1.39. The largest absolute Gasteiger partial charge is 0.352 e. The number of hydrogen-bond acceptors (Lipinski definition) is 3. The molecule has 76 valence electrons. The van der Waals surface area contributed by atoms with Gasteiger partial charge in [-0.3, -0.25) is 4.79 Å². The number of aldehydes is 1. The highest BCUT2D eigenvalue weighted by Crippen LogP contribution is 2.21. The average Bonchev–Trinajstić information content (AvgIpc) is 2.22. The van der Waals surface area contributed by atoms with Crippen molar-refractivity contribution in [2.24, 2.45) is 0 Å². The molecule has 1 aromatic carbocycles. The number of aryl methyl sites for hydroxylation is 1. The zero-order valence-electron chi connectivity index (χ0n) is 8.61. The summed E-state index contributed by atoms with van der Waals surface area (Å²) in [6.45, 7) is 1.92. The second-order valence-electron chi connectivity index (χ2n) is 3.04. The minimum atomic E-state index is -0.365. The molecule has 0 N–H and O–H groups in total. The highest BCUT2D eigenvalue weighted by atomic mass is 16.7. The van der Waals surface area contributed by atoms with E-state index in [1.54, 1.807) is 20.3 Å². The minimum Gasteiger partial charge on any atom is -0.352 e. The van der Waals surface area contributed by atoms with Crippen LogP contribution in [0.1, 0.15) is 27.8 Å². The quantitative estimate of drug-likeness (QED) is 0.544. The number of rotatable bonds is 4. The van der Waals surface area contributed by atoms with Gasteiger partial charge in [-0.2, -0.15) is 0 Å². The molecule has 1 aromatic rings. The van der Waals surface area contributed by atoms with Gasteiger partial charge in [0.2, 0.25) is 0 Å². The summed E-state index contributed by atoms with van der Waals surface area (Å²) in [6.07, 6.45) is 0.460. The van der Waals surface area contributed by atoms with Crippen LogP contribution in [-0.4, -0.2) is 20.5 Å². The van der Waals surface area contributed by atoms with Crippen LogP contribution in [0.4, 0.5) is 0 Å². The zero-order chi connectivity index (χ0) is 10.6. The number of benzene rings is 1. The number of ether oxygens (including phenoxy) is 2. The summed E-state index contributed by atoms with van der Waals surface area (Å²) in [5.41, 5.74) is 2.60. The van der Waals surface area contributed by atoms with Gasteiger partial charge in [0.15, 0.2) is 6.29 Å². The molecule has 0 heterocycles. The first-order valence-corrected chi connectivity index (χ1v) is 4.34. The van der Waals surface area contributed by atoms with Gasteiger partial charge in [0, 0.05) is 25.3 Å². The van der Waals surface area contributed by atoms with Gasteiger partial charge in [-0.15, -0.1) is 0 Å².